The van der Waals surface area contributed by atoms with Gasteiger partial charge in [0.1, 0.15) is 11.6 Å². The summed E-state index contributed by atoms with van der Waals surface area (Å²) in [6.45, 7) is 1.17. The highest BCUT2D eigenvalue weighted by Crippen LogP contribution is 2.21. The zero-order chi connectivity index (χ0) is 15.2. The molecule has 0 spiro atoms. The molecular formula is C15H20F2N2O2. The minimum absolute atomic E-state index is 0.00694. The summed E-state index contributed by atoms with van der Waals surface area (Å²) < 4.78 is 26.3. The van der Waals surface area contributed by atoms with E-state index in [1.807, 2.05) is 4.90 Å². The molecule has 1 heterocycles. The second-order valence-electron chi connectivity index (χ2n) is 5.30. The van der Waals surface area contributed by atoms with Gasteiger partial charge in [-0.2, -0.15) is 0 Å². The van der Waals surface area contributed by atoms with Crippen LogP contribution in [0.5, 0.6) is 0 Å². The molecule has 2 rings (SSSR count). The zero-order valence-electron chi connectivity index (χ0n) is 11.8. The molecule has 4 nitrogen and oxygen atoms in total. The number of rotatable bonds is 6. The van der Waals surface area contributed by atoms with Crippen molar-refractivity contribution in [2.45, 2.75) is 31.7 Å². The van der Waals surface area contributed by atoms with E-state index in [2.05, 4.69) is 5.32 Å². The highest BCUT2D eigenvalue weighted by atomic mass is 19.1. The molecule has 0 radical (unpaired) electrons. The number of nitrogens with one attached hydrogen (secondary N) is 1. The molecule has 1 aliphatic rings. The van der Waals surface area contributed by atoms with E-state index < -0.39 is 11.6 Å². The molecule has 0 aliphatic carbocycles. The van der Waals surface area contributed by atoms with Gasteiger partial charge in [-0.3, -0.25) is 9.69 Å². The molecule has 6 heteroatoms. The number of halogens is 2. The number of aliphatic hydroxyl groups is 1. The Labute approximate surface area is 122 Å². The first-order valence-corrected chi connectivity index (χ1v) is 7.20. The van der Waals surface area contributed by atoms with Gasteiger partial charge < -0.3 is 10.4 Å². The van der Waals surface area contributed by atoms with E-state index in [0.29, 0.717) is 6.04 Å². The van der Waals surface area contributed by atoms with Gasteiger partial charge in [-0.25, -0.2) is 8.78 Å². The van der Waals surface area contributed by atoms with Crippen molar-refractivity contribution in [3.8, 4) is 0 Å². The fourth-order valence-corrected chi connectivity index (χ4v) is 2.72. The Kier molecular flexibility index (Phi) is 5.64. The van der Waals surface area contributed by atoms with Crippen molar-refractivity contribution in [3.05, 3.63) is 29.8 Å². The van der Waals surface area contributed by atoms with E-state index in [4.69, 9.17) is 5.11 Å². The third-order valence-electron chi connectivity index (χ3n) is 3.75. The summed E-state index contributed by atoms with van der Waals surface area (Å²) in [5.74, 6) is -1.76. The maximum absolute atomic E-state index is 13.5. The second kappa shape index (κ2) is 7.47. The zero-order valence-corrected chi connectivity index (χ0v) is 11.8. The van der Waals surface area contributed by atoms with E-state index >= 15 is 0 Å². The quantitative estimate of drug-likeness (QED) is 0.846. The minimum Gasteiger partial charge on any atom is -0.396 e. The predicted molar refractivity (Wildman–Crippen MR) is 75.9 cm³/mol. The normalized spacial score (nSPS) is 18.9. The molecule has 0 aromatic heterocycles. The highest BCUT2D eigenvalue weighted by Gasteiger charge is 2.25. The van der Waals surface area contributed by atoms with Crippen molar-refractivity contribution in [1.82, 2.24) is 4.90 Å². The van der Waals surface area contributed by atoms with Gasteiger partial charge in [-0.15, -0.1) is 0 Å². The maximum atomic E-state index is 13.5. The van der Waals surface area contributed by atoms with Crippen LogP contribution in [0.25, 0.3) is 0 Å². The number of benzene rings is 1. The first kappa shape index (κ1) is 15.9. The van der Waals surface area contributed by atoms with Crippen molar-refractivity contribution >= 4 is 11.6 Å². The van der Waals surface area contributed by atoms with Gasteiger partial charge in [0.25, 0.3) is 0 Å². The van der Waals surface area contributed by atoms with Gasteiger partial charge in [0.15, 0.2) is 0 Å². The Morgan fingerprint density at radius 2 is 2.24 bits per heavy atom. The van der Waals surface area contributed by atoms with Crippen molar-refractivity contribution < 1.29 is 18.7 Å². The second-order valence-corrected chi connectivity index (χ2v) is 5.30. The number of hydrogen-bond acceptors (Lipinski definition) is 3. The smallest absolute Gasteiger partial charge is 0.238 e. The van der Waals surface area contributed by atoms with E-state index in [1.165, 1.54) is 6.07 Å². The molecule has 1 aliphatic heterocycles. The van der Waals surface area contributed by atoms with Crippen molar-refractivity contribution in [1.29, 1.82) is 0 Å². The van der Waals surface area contributed by atoms with Gasteiger partial charge in [0, 0.05) is 18.7 Å². The molecule has 1 fully saturated rings. The molecule has 1 atom stereocenters. The Balaban J connectivity index is 1.89. The first-order valence-electron chi connectivity index (χ1n) is 7.20. The SMILES string of the molecule is O=C(CN1CCCC1CCCO)Nc1ccc(F)cc1F. The Bertz CT molecular complexity index is 497. The summed E-state index contributed by atoms with van der Waals surface area (Å²) in [4.78, 5) is 14.0. The van der Waals surface area contributed by atoms with E-state index in [0.717, 1.165) is 44.4 Å². The van der Waals surface area contributed by atoms with Crippen LogP contribution in [0, 0.1) is 11.6 Å². The van der Waals surface area contributed by atoms with Gasteiger partial charge in [0.2, 0.25) is 5.91 Å². The van der Waals surface area contributed by atoms with Crippen molar-refractivity contribution in [2.24, 2.45) is 0 Å². The highest BCUT2D eigenvalue weighted by molar-refractivity contribution is 5.92. The Morgan fingerprint density at radius 3 is 2.95 bits per heavy atom. The lowest BCUT2D eigenvalue weighted by atomic mass is 10.1. The fraction of sp³-hybridized carbons (Fsp3) is 0.533. The molecule has 1 amide bonds. The average molecular weight is 298 g/mol. The third-order valence-corrected chi connectivity index (χ3v) is 3.75. The number of hydrogen-bond donors (Lipinski definition) is 2. The van der Waals surface area contributed by atoms with Crippen molar-refractivity contribution in [2.75, 3.05) is 25.0 Å². The fourth-order valence-electron chi connectivity index (χ4n) is 2.72. The van der Waals surface area contributed by atoms with E-state index in [-0.39, 0.29) is 24.7 Å². The summed E-state index contributed by atoms with van der Waals surface area (Å²) in [7, 11) is 0. The lowest BCUT2D eigenvalue weighted by Gasteiger charge is -2.23. The van der Waals surface area contributed by atoms with Gasteiger partial charge >= 0.3 is 0 Å². The third kappa shape index (κ3) is 4.47. The summed E-state index contributed by atoms with van der Waals surface area (Å²) >= 11 is 0. The molecule has 1 unspecified atom stereocenters. The molecule has 1 saturated heterocycles. The number of nitrogens with zero attached hydrogens (tertiary/aromatic N) is 1. The van der Waals surface area contributed by atoms with E-state index in [9.17, 15) is 13.6 Å². The van der Waals surface area contributed by atoms with Crippen molar-refractivity contribution in [3.63, 3.8) is 0 Å². The largest absolute Gasteiger partial charge is 0.396 e. The number of carbonyl (C=O) groups excluding carboxylic acids is 1. The minimum atomic E-state index is -0.776. The van der Waals surface area contributed by atoms with Crippen LogP contribution in [0.1, 0.15) is 25.7 Å². The average Bonchev–Trinajstić information content (AvgIpc) is 2.87. The summed E-state index contributed by atoms with van der Waals surface area (Å²) in [5.41, 5.74) is -0.00694. The van der Waals surface area contributed by atoms with Gasteiger partial charge in [-0.05, 0) is 44.4 Å². The number of amides is 1. The topological polar surface area (TPSA) is 52.6 Å². The van der Waals surface area contributed by atoms with Crippen LogP contribution in [-0.2, 0) is 4.79 Å². The molecule has 1 aromatic carbocycles. The standard InChI is InChI=1S/C15H20F2N2O2/c16-11-5-6-14(13(17)9-11)18-15(21)10-19-7-1-3-12(19)4-2-8-20/h5-6,9,12,20H,1-4,7-8,10H2,(H,18,21). The summed E-state index contributed by atoms with van der Waals surface area (Å²) in [6.07, 6.45) is 3.61. The molecule has 21 heavy (non-hydrogen) atoms. The van der Waals surface area contributed by atoms with Gasteiger partial charge in [0.05, 0.1) is 12.2 Å². The lowest BCUT2D eigenvalue weighted by molar-refractivity contribution is -0.117. The number of likely N-dealkylation sites (tertiary alicyclic amines) is 1. The first-order chi connectivity index (χ1) is 10.1. The summed E-state index contributed by atoms with van der Waals surface area (Å²) in [6, 6.07) is 3.37. The molecule has 116 valence electrons. The Morgan fingerprint density at radius 1 is 1.43 bits per heavy atom. The monoisotopic (exact) mass is 298 g/mol. The molecular weight excluding hydrogens is 278 g/mol. The molecule has 0 bridgehead atoms. The molecule has 2 N–H and O–H groups in total. The van der Waals surface area contributed by atoms with E-state index in [1.54, 1.807) is 0 Å². The van der Waals surface area contributed by atoms with Crippen LogP contribution in [0.3, 0.4) is 0 Å². The van der Waals surface area contributed by atoms with Crippen LogP contribution >= 0.6 is 0 Å². The van der Waals surface area contributed by atoms with Crippen LogP contribution in [-0.4, -0.2) is 41.7 Å². The predicted octanol–water partition coefficient (Wildman–Crippen LogP) is 2.14. The molecule has 1 aromatic rings. The van der Waals surface area contributed by atoms with Crippen LogP contribution in [0.15, 0.2) is 18.2 Å². The van der Waals surface area contributed by atoms with Crippen LogP contribution in [0.2, 0.25) is 0 Å². The number of anilines is 1. The number of carbonyl (C=O) groups is 1. The maximum Gasteiger partial charge on any atom is 0.238 e. The van der Waals surface area contributed by atoms with Gasteiger partial charge in [-0.1, -0.05) is 0 Å². The number of aliphatic hydroxyl groups excluding tert-OH is 1. The summed E-state index contributed by atoms with van der Waals surface area (Å²) in [5, 5.41) is 11.3. The Hall–Kier alpha value is -1.53. The molecule has 0 saturated carbocycles. The van der Waals surface area contributed by atoms with Crippen LogP contribution in [0.4, 0.5) is 14.5 Å². The lowest BCUT2D eigenvalue weighted by Crippen LogP contribution is -2.37. The van der Waals surface area contributed by atoms with Crippen LogP contribution < -0.4 is 5.32 Å².